The average molecular weight is 635 g/mol. The number of nitrogens with one attached hydrogen (secondary N) is 1. The molecule has 1 aromatic carbocycles. The summed E-state index contributed by atoms with van der Waals surface area (Å²) in [5, 5.41) is 3.59. The van der Waals surface area contributed by atoms with Gasteiger partial charge in [0.25, 0.3) is 0 Å². The van der Waals surface area contributed by atoms with E-state index in [1.54, 1.807) is 0 Å². The van der Waals surface area contributed by atoms with Gasteiger partial charge in [0.05, 0.1) is 15.6 Å². The largest absolute Gasteiger partial charge is 0.491 e. The maximum atomic E-state index is 13.6. The number of ether oxygens (including phenoxy) is 1. The van der Waals surface area contributed by atoms with Gasteiger partial charge in [-0.2, -0.15) is 0 Å². The molecule has 0 spiro atoms. The number of Topliss-reactive ketones (excluding diaryl/α,β-unsaturated/α-hetero) is 2. The number of ketones is 2. The molecule has 0 unspecified atom stereocenters. The maximum Gasteiger partial charge on any atom is 0.162 e. The molecule has 0 saturated carbocycles. The van der Waals surface area contributed by atoms with E-state index in [0.717, 1.165) is 62.1 Å². The molecule has 6 heteroatoms. The molecule has 0 atom stereocenters. The van der Waals surface area contributed by atoms with Gasteiger partial charge in [-0.05, 0) is 79.6 Å². The van der Waals surface area contributed by atoms with Crippen molar-refractivity contribution < 1.29 is 14.3 Å². The fourth-order valence-electron chi connectivity index (χ4n) is 6.16. The van der Waals surface area contributed by atoms with Gasteiger partial charge in [0.2, 0.25) is 0 Å². The molecule has 2 aliphatic carbocycles. The van der Waals surface area contributed by atoms with Gasteiger partial charge in [-0.1, -0.05) is 66.7 Å². The lowest BCUT2D eigenvalue weighted by Crippen LogP contribution is -2.42. The third-order valence-electron chi connectivity index (χ3n) is 7.82. The van der Waals surface area contributed by atoms with Crippen LogP contribution in [0, 0.1) is 10.8 Å². The van der Waals surface area contributed by atoms with E-state index in [1.807, 2.05) is 12.1 Å². The Bertz CT molecular complexity index is 1070. The van der Waals surface area contributed by atoms with Crippen molar-refractivity contribution in [3.63, 3.8) is 0 Å². The van der Waals surface area contributed by atoms with Crippen LogP contribution in [0.2, 0.25) is 0 Å². The number of hydrogen-bond donors (Lipinski definition) is 1. The Labute approximate surface area is 239 Å². The zero-order valence-corrected chi connectivity index (χ0v) is 26.2. The van der Waals surface area contributed by atoms with Crippen LogP contribution in [-0.4, -0.2) is 18.2 Å². The van der Waals surface area contributed by atoms with Crippen molar-refractivity contribution in [3.8, 4) is 5.75 Å². The molecule has 4 nitrogen and oxygen atoms in total. The molecule has 37 heavy (non-hydrogen) atoms. The first kappa shape index (κ1) is 28.6. The van der Waals surface area contributed by atoms with E-state index in [2.05, 4.69) is 71.8 Å². The van der Waals surface area contributed by atoms with Gasteiger partial charge >= 0.3 is 0 Å². The lowest BCUT2D eigenvalue weighted by Gasteiger charge is -2.44. The minimum atomic E-state index is -0.348. The lowest BCUT2D eigenvalue weighted by molar-refractivity contribution is -0.119. The van der Waals surface area contributed by atoms with Crippen molar-refractivity contribution in [2.24, 2.45) is 10.8 Å². The van der Waals surface area contributed by atoms with Crippen molar-refractivity contribution in [1.82, 2.24) is 5.32 Å². The van der Waals surface area contributed by atoms with Crippen molar-refractivity contribution in [3.05, 3.63) is 49.2 Å². The summed E-state index contributed by atoms with van der Waals surface area (Å²) >= 11 is 7.48. The molecule has 3 aliphatic rings. The van der Waals surface area contributed by atoms with Crippen LogP contribution in [-0.2, 0) is 9.59 Å². The van der Waals surface area contributed by atoms with Crippen LogP contribution in [0.25, 0.3) is 0 Å². The Morgan fingerprint density at radius 3 is 1.81 bits per heavy atom. The molecule has 1 heterocycles. The second-order valence-electron chi connectivity index (χ2n) is 12.7. The minimum absolute atomic E-state index is 0.102. The zero-order valence-electron chi connectivity index (χ0n) is 23.0. The van der Waals surface area contributed by atoms with Gasteiger partial charge in [-0.25, -0.2) is 0 Å². The van der Waals surface area contributed by atoms with E-state index in [0.29, 0.717) is 19.4 Å². The number of carbonyl (C=O) groups excluding carboxylic acids is 2. The molecule has 1 aromatic rings. The second kappa shape index (κ2) is 11.4. The van der Waals surface area contributed by atoms with Gasteiger partial charge < -0.3 is 10.1 Å². The summed E-state index contributed by atoms with van der Waals surface area (Å²) in [7, 11) is 0. The third-order valence-corrected chi connectivity index (χ3v) is 9.00. The molecule has 0 amide bonds. The predicted octanol–water partition coefficient (Wildman–Crippen LogP) is 8.92. The molecule has 1 aliphatic heterocycles. The number of benzene rings is 1. The molecule has 4 rings (SSSR count). The molecule has 0 aromatic heterocycles. The zero-order chi connectivity index (χ0) is 27.0. The quantitative estimate of drug-likeness (QED) is 0.276. The Morgan fingerprint density at radius 2 is 1.30 bits per heavy atom. The number of carbonyl (C=O) groups is 2. The summed E-state index contributed by atoms with van der Waals surface area (Å²) in [5.41, 5.74) is 4.27. The van der Waals surface area contributed by atoms with Gasteiger partial charge in [-0.3, -0.25) is 9.59 Å². The van der Waals surface area contributed by atoms with Crippen molar-refractivity contribution >= 4 is 43.4 Å². The van der Waals surface area contributed by atoms with Gasteiger partial charge in [0.15, 0.2) is 11.6 Å². The van der Waals surface area contributed by atoms with Crippen LogP contribution in [0.1, 0.15) is 110 Å². The highest BCUT2D eigenvalue weighted by Gasteiger charge is 2.46. The van der Waals surface area contributed by atoms with Crippen LogP contribution >= 0.6 is 31.9 Å². The highest BCUT2D eigenvalue weighted by Crippen LogP contribution is 2.52. The fourth-order valence-corrected chi connectivity index (χ4v) is 7.61. The number of rotatable bonds is 9. The van der Waals surface area contributed by atoms with E-state index >= 15 is 0 Å². The molecule has 0 fully saturated rings. The van der Waals surface area contributed by atoms with E-state index < -0.39 is 0 Å². The molecule has 0 bridgehead atoms. The Kier molecular flexibility index (Phi) is 8.79. The van der Waals surface area contributed by atoms with Gasteiger partial charge in [0.1, 0.15) is 5.75 Å². The maximum absolute atomic E-state index is 13.6. The second-order valence-corrected chi connectivity index (χ2v) is 14.4. The number of dihydropyridines is 1. The summed E-state index contributed by atoms with van der Waals surface area (Å²) in [6.45, 7) is 11.5. The van der Waals surface area contributed by atoms with Crippen molar-refractivity contribution in [2.45, 2.75) is 105 Å². The third kappa shape index (κ3) is 6.43. The van der Waals surface area contributed by atoms with Crippen LogP contribution < -0.4 is 10.1 Å². The highest BCUT2D eigenvalue weighted by molar-refractivity contribution is 9.11. The van der Waals surface area contributed by atoms with E-state index in [4.69, 9.17) is 4.74 Å². The van der Waals surface area contributed by atoms with E-state index in [-0.39, 0.29) is 28.3 Å². The summed E-state index contributed by atoms with van der Waals surface area (Å²) in [4.78, 5) is 27.1. The smallest absolute Gasteiger partial charge is 0.162 e. The summed E-state index contributed by atoms with van der Waals surface area (Å²) in [5.74, 6) is 0.715. The highest BCUT2D eigenvalue weighted by atomic mass is 79.9. The number of unbranched alkanes of at least 4 members (excludes halogenated alkanes) is 5. The van der Waals surface area contributed by atoms with Crippen molar-refractivity contribution in [1.29, 1.82) is 0 Å². The Hall–Kier alpha value is -1.40. The lowest BCUT2D eigenvalue weighted by atomic mass is 9.64. The number of hydrogen-bond acceptors (Lipinski definition) is 4. The van der Waals surface area contributed by atoms with Gasteiger partial charge in [0, 0.05) is 41.3 Å². The SMILES string of the molecule is CCCCCCCCOc1c(Br)cc(C2C3=C(CC(C)(C)CC3=O)NC3=C2C(=O)CC(C)(C)C3)cc1Br. The first-order valence-electron chi connectivity index (χ1n) is 13.8. The summed E-state index contributed by atoms with van der Waals surface area (Å²) < 4.78 is 7.85. The monoisotopic (exact) mass is 633 g/mol. The summed E-state index contributed by atoms with van der Waals surface area (Å²) in [6.07, 6.45) is 9.88. The normalized spacial score (nSPS) is 21.1. The first-order chi connectivity index (χ1) is 17.4. The molecule has 202 valence electrons. The molecule has 1 N–H and O–H groups in total. The number of halogens is 2. The topological polar surface area (TPSA) is 55.4 Å². The van der Waals surface area contributed by atoms with Crippen LogP contribution in [0.4, 0.5) is 0 Å². The van der Waals surface area contributed by atoms with Gasteiger partial charge in [-0.15, -0.1) is 0 Å². The minimum Gasteiger partial charge on any atom is -0.491 e. The van der Waals surface area contributed by atoms with Crippen LogP contribution in [0.5, 0.6) is 5.75 Å². The van der Waals surface area contributed by atoms with Crippen molar-refractivity contribution in [2.75, 3.05) is 6.61 Å². The molecule has 0 saturated heterocycles. The van der Waals surface area contributed by atoms with Crippen LogP contribution in [0.3, 0.4) is 0 Å². The van der Waals surface area contributed by atoms with E-state index in [1.165, 1.54) is 32.1 Å². The molecule has 0 radical (unpaired) electrons. The average Bonchev–Trinajstić information content (AvgIpc) is 2.76. The standard InChI is InChI=1S/C31H41Br2NO3/c1-6-7-8-9-10-11-12-37-29-20(32)13-19(14-21(29)33)26-27-22(15-30(2,3)17-24(27)35)34-23-16-31(4,5)18-25(36)28(23)26/h13-14,26,34H,6-12,15-18H2,1-5H3. The molecular formula is C31H41Br2NO3. The van der Waals surface area contributed by atoms with E-state index in [9.17, 15) is 9.59 Å². The fraction of sp³-hybridized carbons (Fsp3) is 0.613. The predicted molar refractivity (Wildman–Crippen MR) is 157 cm³/mol. The summed E-state index contributed by atoms with van der Waals surface area (Å²) in [6, 6.07) is 4.10. The first-order valence-corrected chi connectivity index (χ1v) is 15.4. The molecular weight excluding hydrogens is 594 g/mol. The Morgan fingerprint density at radius 1 is 0.811 bits per heavy atom. The van der Waals surface area contributed by atoms with Crippen LogP contribution in [0.15, 0.2) is 43.6 Å². The Balaban J connectivity index is 1.66. The number of allylic oxidation sites excluding steroid dienone is 4.